The van der Waals surface area contributed by atoms with Crippen molar-refractivity contribution in [2.24, 2.45) is 5.10 Å². The highest BCUT2D eigenvalue weighted by Crippen LogP contribution is 2.26. The fourth-order valence-electron chi connectivity index (χ4n) is 3.13. The number of ether oxygens (including phenoxy) is 2. The van der Waals surface area contributed by atoms with Crippen molar-refractivity contribution in [3.05, 3.63) is 76.1 Å². The minimum atomic E-state index is -0.374. The molecule has 29 heavy (non-hydrogen) atoms. The molecular formula is C22H22ClN3O3. The molecule has 0 atom stereocenters. The van der Waals surface area contributed by atoms with Crippen LogP contribution in [0.2, 0.25) is 5.02 Å². The van der Waals surface area contributed by atoms with Crippen molar-refractivity contribution < 1.29 is 14.3 Å². The zero-order chi connectivity index (χ0) is 21.0. The van der Waals surface area contributed by atoms with E-state index in [2.05, 4.69) is 15.1 Å². The third-order valence-electron chi connectivity index (χ3n) is 4.59. The Bertz CT molecular complexity index is 1070. The number of aromatic nitrogens is 1. The SMILES string of the molecule is COc1ccc(C(=O)N/N=C\c2cc(C)n(-c3ccccc3Cl)c2C)c(OC)c1. The lowest BCUT2D eigenvalue weighted by Gasteiger charge is -2.11. The summed E-state index contributed by atoms with van der Waals surface area (Å²) in [5, 5.41) is 4.77. The van der Waals surface area contributed by atoms with Crippen LogP contribution in [0, 0.1) is 13.8 Å². The van der Waals surface area contributed by atoms with Gasteiger partial charge in [0.2, 0.25) is 0 Å². The smallest absolute Gasteiger partial charge is 0.275 e. The van der Waals surface area contributed by atoms with Gasteiger partial charge in [-0.2, -0.15) is 5.10 Å². The molecule has 0 unspecified atom stereocenters. The van der Waals surface area contributed by atoms with Crippen molar-refractivity contribution in [1.29, 1.82) is 0 Å². The number of carbonyl (C=O) groups excluding carboxylic acids is 1. The van der Waals surface area contributed by atoms with E-state index in [0.717, 1.165) is 22.6 Å². The summed E-state index contributed by atoms with van der Waals surface area (Å²) in [7, 11) is 3.05. The van der Waals surface area contributed by atoms with E-state index in [9.17, 15) is 4.79 Å². The molecule has 0 bridgehead atoms. The number of rotatable bonds is 6. The molecule has 2 aromatic carbocycles. The van der Waals surface area contributed by atoms with Gasteiger partial charge in [-0.05, 0) is 44.2 Å². The largest absolute Gasteiger partial charge is 0.497 e. The van der Waals surface area contributed by atoms with E-state index in [1.54, 1.807) is 31.5 Å². The third kappa shape index (κ3) is 4.27. The average molecular weight is 412 g/mol. The number of hydrogen-bond donors (Lipinski definition) is 1. The first-order valence-corrected chi connectivity index (χ1v) is 9.33. The Balaban J connectivity index is 1.81. The van der Waals surface area contributed by atoms with Gasteiger partial charge in [-0.3, -0.25) is 4.79 Å². The minimum absolute atomic E-state index is 0.368. The number of halogens is 1. The lowest BCUT2D eigenvalue weighted by atomic mass is 10.2. The van der Waals surface area contributed by atoms with Crippen LogP contribution in [0.4, 0.5) is 0 Å². The van der Waals surface area contributed by atoms with Crippen LogP contribution in [0.25, 0.3) is 5.69 Å². The van der Waals surface area contributed by atoms with Gasteiger partial charge in [-0.1, -0.05) is 23.7 Å². The Hall–Kier alpha value is -3.25. The summed E-state index contributed by atoms with van der Waals surface area (Å²) in [6.07, 6.45) is 1.61. The first-order valence-electron chi connectivity index (χ1n) is 8.95. The normalized spacial score (nSPS) is 10.9. The van der Waals surface area contributed by atoms with Gasteiger partial charge in [0.25, 0.3) is 5.91 Å². The zero-order valence-corrected chi connectivity index (χ0v) is 17.4. The van der Waals surface area contributed by atoms with Crippen molar-refractivity contribution in [3.8, 4) is 17.2 Å². The topological polar surface area (TPSA) is 64.8 Å². The minimum Gasteiger partial charge on any atom is -0.497 e. The van der Waals surface area contributed by atoms with Crippen molar-refractivity contribution in [1.82, 2.24) is 9.99 Å². The molecule has 7 heteroatoms. The Morgan fingerprint density at radius 3 is 2.55 bits per heavy atom. The standard InChI is InChI=1S/C22H22ClN3O3/c1-14-11-16(15(2)26(14)20-8-6-5-7-19(20)23)13-24-25-22(27)18-10-9-17(28-3)12-21(18)29-4/h5-13H,1-4H3,(H,25,27)/b24-13-. The molecular weight excluding hydrogens is 390 g/mol. The number of para-hydroxylation sites is 1. The number of amides is 1. The quantitative estimate of drug-likeness (QED) is 0.478. The highest BCUT2D eigenvalue weighted by molar-refractivity contribution is 6.32. The molecule has 1 aromatic heterocycles. The first kappa shape index (κ1) is 20.5. The van der Waals surface area contributed by atoms with Gasteiger partial charge in [0.1, 0.15) is 11.5 Å². The van der Waals surface area contributed by atoms with Crippen LogP contribution in [0.3, 0.4) is 0 Å². The molecule has 6 nitrogen and oxygen atoms in total. The number of hydrogen-bond acceptors (Lipinski definition) is 4. The number of nitrogens with zero attached hydrogens (tertiary/aromatic N) is 2. The Morgan fingerprint density at radius 2 is 1.86 bits per heavy atom. The second-order valence-corrected chi connectivity index (χ2v) is 6.79. The molecule has 150 valence electrons. The monoisotopic (exact) mass is 411 g/mol. The molecule has 0 radical (unpaired) electrons. The van der Waals surface area contributed by atoms with Crippen LogP contribution in [0.15, 0.2) is 53.6 Å². The molecule has 0 spiro atoms. The number of benzene rings is 2. The number of aryl methyl sites for hydroxylation is 1. The molecule has 1 heterocycles. The van der Waals surface area contributed by atoms with Crippen molar-refractivity contribution in [3.63, 3.8) is 0 Å². The number of nitrogens with one attached hydrogen (secondary N) is 1. The van der Waals surface area contributed by atoms with Crippen molar-refractivity contribution in [2.75, 3.05) is 14.2 Å². The summed E-state index contributed by atoms with van der Waals surface area (Å²) in [5.41, 5.74) is 6.67. The number of methoxy groups -OCH3 is 2. The van der Waals surface area contributed by atoms with Crippen molar-refractivity contribution >= 4 is 23.7 Å². The van der Waals surface area contributed by atoms with E-state index < -0.39 is 0 Å². The van der Waals surface area contributed by atoms with Crippen LogP contribution in [-0.2, 0) is 0 Å². The van der Waals surface area contributed by atoms with E-state index in [1.807, 2.05) is 44.2 Å². The van der Waals surface area contributed by atoms with Gasteiger partial charge in [0.05, 0.1) is 36.7 Å². The Kier molecular flexibility index (Phi) is 6.24. The van der Waals surface area contributed by atoms with Crippen LogP contribution in [0.1, 0.15) is 27.3 Å². The first-order chi connectivity index (χ1) is 14.0. The molecule has 3 rings (SSSR count). The maximum atomic E-state index is 12.5. The van der Waals surface area contributed by atoms with Gasteiger partial charge in [0, 0.05) is 23.0 Å². The summed E-state index contributed by atoms with van der Waals surface area (Å²) in [6.45, 7) is 3.97. The second kappa shape index (κ2) is 8.84. The Labute approximate surface area is 174 Å². The average Bonchev–Trinajstić information content (AvgIpc) is 3.01. The highest BCUT2D eigenvalue weighted by Gasteiger charge is 2.14. The zero-order valence-electron chi connectivity index (χ0n) is 16.7. The third-order valence-corrected chi connectivity index (χ3v) is 4.91. The fraction of sp³-hybridized carbons (Fsp3) is 0.182. The highest BCUT2D eigenvalue weighted by atomic mass is 35.5. The molecule has 1 N–H and O–H groups in total. The molecule has 0 aliphatic heterocycles. The van der Waals surface area contributed by atoms with E-state index in [-0.39, 0.29) is 5.91 Å². The summed E-state index contributed by atoms with van der Waals surface area (Å²) in [5.74, 6) is 0.642. The number of hydrazone groups is 1. The van der Waals surface area contributed by atoms with E-state index in [0.29, 0.717) is 22.1 Å². The van der Waals surface area contributed by atoms with Gasteiger partial charge >= 0.3 is 0 Å². The van der Waals surface area contributed by atoms with Gasteiger partial charge < -0.3 is 14.0 Å². The van der Waals surface area contributed by atoms with Crippen LogP contribution >= 0.6 is 11.6 Å². The van der Waals surface area contributed by atoms with Crippen molar-refractivity contribution in [2.45, 2.75) is 13.8 Å². The van der Waals surface area contributed by atoms with Crippen LogP contribution in [-0.4, -0.2) is 30.9 Å². The van der Waals surface area contributed by atoms with Gasteiger partial charge in [-0.15, -0.1) is 0 Å². The predicted molar refractivity (Wildman–Crippen MR) is 115 cm³/mol. The van der Waals surface area contributed by atoms with E-state index in [4.69, 9.17) is 21.1 Å². The van der Waals surface area contributed by atoms with Crippen LogP contribution in [0.5, 0.6) is 11.5 Å². The maximum absolute atomic E-state index is 12.5. The molecule has 0 saturated heterocycles. The molecule has 0 fully saturated rings. The molecule has 3 aromatic rings. The van der Waals surface area contributed by atoms with Gasteiger partial charge in [-0.25, -0.2) is 5.43 Å². The number of carbonyl (C=O) groups is 1. The van der Waals surface area contributed by atoms with E-state index in [1.165, 1.54) is 7.11 Å². The van der Waals surface area contributed by atoms with Gasteiger partial charge in [0.15, 0.2) is 0 Å². The molecule has 0 aliphatic carbocycles. The second-order valence-electron chi connectivity index (χ2n) is 6.38. The maximum Gasteiger partial charge on any atom is 0.275 e. The summed E-state index contributed by atoms with van der Waals surface area (Å²) >= 11 is 6.34. The summed E-state index contributed by atoms with van der Waals surface area (Å²) < 4.78 is 12.5. The lowest BCUT2D eigenvalue weighted by molar-refractivity contribution is 0.0952. The fourth-order valence-corrected chi connectivity index (χ4v) is 3.35. The van der Waals surface area contributed by atoms with Crippen LogP contribution < -0.4 is 14.9 Å². The summed E-state index contributed by atoms with van der Waals surface area (Å²) in [6, 6.07) is 14.6. The Morgan fingerprint density at radius 1 is 1.10 bits per heavy atom. The predicted octanol–water partition coefficient (Wildman–Crippen LogP) is 4.53. The summed E-state index contributed by atoms with van der Waals surface area (Å²) in [4.78, 5) is 12.5. The molecule has 1 amide bonds. The lowest BCUT2D eigenvalue weighted by Crippen LogP contribution is -2.18. The molecule has 0 aliphatic rings. The molecule has 0 saturated carbocycles. The van der Waals surface area contributed by atoms with E-state index >= 15 is 0 Å².